The summed E-state index contributed by atoms with van der Waals surface area (Å²) in [6, 6.07) is 48.6. The van der Waals surface area contributed by atoms with E-state index in [1.54, 1.807) is 0 Å². The maximum Gasteiger partial charge on any atom is 0.143 e. The first-order chi connectivity index (χ1) is 21.8. The second kappa shape index (κ2) is 9.82. The van der Waals surface area contributed by atoms with E-state index in [0.717, 1.165) is 88.4 Å². The molecule has 0 N–H and O–H groups in total. The Morgan fingerprint density at radius 1 is 0.364 bits per heavy atom. The highest BCUT2D eigenvalue weighted by atomic mass is 16.3. The van der Waals surface area contributed by atoms with Crippen molar-refractivity contribution < 1.29 is 8.83 Å². The van der Waals surface area contributed by atoms with Crippen molar-refractivity contribution in [1.82, 2.24) is 4.98 Å². The molecular formula is C41H25NO2. The Kier molecular flexibility index (Phi) is 5.50. The molecule has 9 aromatic rings. The monoisotopic (exact) mass is 563 g/mol. The van der Waals surface area contributed by atoms with Crippen molar-refractivity contribution in [3.8, 4) is 44.5 Å². The van der Waals surface area contributed by atoms with Crippen molar-refractivity contribution in [3.63, 3.8) is 0 Å². The molecular weight excluding hydrogens is 538 g/mol. The predicted octanol–water partition coefficient (Wildman–Crippen LogP) is 11.5. The van der Waals surface area contributed by atoms with Gasteiger partial charge in [-0.2, -0.15) is 0 Å². The van der Waals surface area contributed by atoms with E-state index >= 15 is 0 Å². The van der Waals surface area contributed by atoms with Crippen LogP contribution in [0.1, 0.15) is 0 Å². The lowest BCUT2D eigenvalue weighted by Gasteiger charge is -2.13. The second-order valence-electron chi connectivity index (χ2n) is 11.1. The van der Waals surface area contributed by atoms with Crippen molar-refractivity contribution in [3.05, 3.63) is 152 Å². The van der Waals surface area contributed by atoms with E-state index in [2.05, 4.69) is 120 Å². The highest BCUT2D eigenvalue weighted by Gasteiger charge is 2.16. The summed E-state index contributed by atoms with van der Waals surface area (Å²) in [4.78, 5) is 4.54. The van der Waals surface area contributed by atoms with Gasteiger partial charge in [-0.1, -0.05) is 109 Å². The van der Waals surface area contributed by atoms with Gasteiger partial charge in [0.15, 0.2) is 0 Å². The molecule has 3 nitrogen and oxygen atoms in total. The van der Waals surface area contributed by atoms with Gasteiger partial charge in [-0.3, -0.25) is 4.98 Å². The molecule has 206 valence electrons. The van der Waals surface area contributed by atoms with Gasteiger partial charge in [0.25, 0.3) is 0 Å². The lowest BCUT2D eigenvalue weighted by atomic mass is 9.92. The predicted molar refractivity (Wildman–Crippen MR) is 181 cm³/mol. The Balaban J connectivity index is 1.16. The first-order valence-electron chi connectivity index (χ1n) is 14.8. The summed E-state index contributed by atoms with van der Waals surface area (Å²) in [6.07, 6.45) is 3.83. The van der Waals surface area contributed by atoms with E-state index in [-0.39, 0.29) is 0 Å². The summed E-state index contributed by atoms with van der Waals surface area (Å²) < 4.78 is 12.7. The fraction of sp³-hybridized carbons (Fsp3) is 0. The van der Waals surface area contributed by atoms with Gasteiger partial charge in [0.05, 0.1) is 0 Å². The Labute approximate surface area is 253 Å². The van der Waals surface area contributed by atoms with Crippen molar-refractivity contribution in [2.24, 2.45) is 0 Å². The summed E-state index contributed by atoms with van der Waals surface area (Å²) >= 11 is 0. The quantitative estimate of drug-likeness (QED) is 0.214. The van der Waals surface area contributed by atoms with E-state index in [4.69, 9.17) is 8.83 Å². The van der Waals surface area contributed by atoms with E-state index in [1.807, 2.05) is 36.7 Å². The highest BCUT2D eigenvalue weighted by Crippen LogP contribution is 2.40. The van der Waals surface area contributed by atoms with Crippen molar-refractivity contribution in [2.45, 2.75) is 0 Å². The van der Waals surface area contributed by atoms with Crippen LogP contribution in [-0.4, -0.2) is 4.98 Å². The van der Waals surface area contributed by atoms with Crippen LogP contribution in [0, 0.1) is 0 Å². The van der Waals surface area contributed by atoms with Crippen LogP contribution in [0.4, 0.5) is 0 Å². The largest absolute Gasteiger partial charge is 0.455 e. The lowest BCUT2D eigenvalue weighted by molar-refractivity contribution is 0.669. The molecule has 0 aliphatic carbocycles. The Hall–Kier alpha value is -5.93. The number of furan rings is 2. The van der Waals surface area contributed by atoms with Crippen LogP contribution in [0.2, 0.25) is 0 Å². The number of fused-ring (bicyclic) bond motifs is 6. The third kappa shape index (κ3) is 3.87. The minimum absolute atomic E-state index is 0.902. The summed E-state index contributed by atoms with van der Waals surface area (Å²) in [6.45, 7) is 0. The first-order valence-corrected chi connectivity index (χ1v) is 14.8. The van der Waals surface area contributed by atoms with E-state index in [1.165, 1.54) is 0 Å². The zero-order chi connectivity index (χ0) is 29.0. The zero-order valence-electron chi connectivity index (χ0n) is 23.7. The fourth-order valence-corrected chi connectivity index (χ4v) is 6.53. The Morgan fingerprint density at radius 3 is 1.39 bits per heavy atom. The first kappa shape index (κ1) is 24.6. The summed E-state index contributed by atoms with van der Waals surface area (Å²) in [5.74, 6) is 0. The minimum atomic E-state index is 0.902. The van der Waals surface area contributed by atoms with Gasteiger partial charge in [-0.05, 0) is 58.1 Å². The number of benzene rings is 6. The van der Waals surface area contributed by atoms with Gasteiger partial charge in [-0.15, -0.1) is 0 Å². The molecule has 0 atom stereocenters. The maximum atomic E-state index is 6.36. The molecule has 44 heavy (non-hydrogen) atoms. The van der Waals surface area contributed by atoms with Gasteiger partial charge in [0.1, 0.15) is 22.3 Å². The zero-order valence-corrected chi connectivity index (χ0v) is 23.7. The molecule has 0 bridgehead atoms. The van der Waals surface area contributed by atoms with Crippen LogP contribution < -0.4 is 0 Å². The summed E-state index contributed by atoms with van der Waals surface area (Å²) in [5.41, 5.74) is 12.4. The third-order valence-electron chi connectivity index (χ3n) is 8.60. The maximum absolute atomic E-state index is 6.36. The number of nitrogens with zero attached hydrogens (tertiary/aromatic N) is 1. The average Bonchev–Trinajstić information content (AvgIpc) is 3.67. The van der Waals surface area contributed by atoms with Gasteiger partial charge in [0, 0.05) is 50.6 Å². The topological polar surface area (TPSA) is 39.2 Å². The minimum Gasteiger partial charge on any atom is -0.455 e. The molecule has 0 saturated carbocycles. The number of rotatable bonds is 4. The molecule has 0 fully saturated rings. The molecule has 0 unspecified atom stereocenters. The molecule has 3 heteroatoms. The van der Waals surface area contributed by atoms with Gasteiger partial charge in [0.2, 0.25) is 0 Å². The summed E-state index contributed by atoms with van der Waals surface area (Å²) in [5, 5.41) is 4.52. The van der Waals surface area contributed by atoms with Gasteiger partial charge in [-0.25, -0.2) is 0 Å². The molecule has 0 spiro atoms. The van der Waals surface area contributed by atoms with Gasteiger partial charge < -0.3 is 8.83 Å². The van der Waals surface area contributed by atoms with Crippen LogP contribution in [-0.2, 0) is 0 Å². The van der Waals surface area contributed by atoms with Crippen LogP contribution in [0.5, 0.6) is 0 Å². The molecule has 0 saturated heterocycles. The molecule has 0 radical (unpaired) electrons. The van der Waals surface area contributed by atoms with Crippen molar-refractivity contribution >= 4 is 43.9 Å². The van der Waals surface area contributed by atoms with E-state index < -0.39 is 0 Å². The molecule has 0 aliphatic heterocycles. The second-order valence-corrected chi connectivity index (χ2v) is 11.1. The SMILES string of the molecule is c1cc(-c2ccncc2-c2cccc(-c3cccc4c3oc3ccccc34)c2)cc(-c2cccc3c2oc2ccccc23)c1. The number of para-hydroxylation sites is 4. The van der Waals surface area contributed by atoms with Crippen molar-refractivity contribution in [1.29, 1.82) is 0 Å². The number of pyridine rings is 1. The molecule has 3 aromatic heterocycles. The van der Waals surface area contributed by atoms with Crippen LogP contribution in [0.25, 0.3) is 88.4 Å². The van der Waals surface area contributed by atoms with Crippen LogP contribution in [0.15, 0.2) is 161 Å². The normalized spacial score (nSPS) is 11.6. The van der Waals surface area contributed by atoms with Gasteiger partial charge >= 0.3 is 0 Å². The molecule has 3 heterocycles. The third-order valence-corrected chi connectivity index (χ3v) is 8.60. The Morgan fingerprint density at radius 2 is 0.818 bits per heavy atom. The Bertz CT molecular complexity index is 2340. The standard InChI is InChI=1S/C41H25NO2/c1-3-19-38-33(13-1)35-17-7-15-31(40(35)43-38)27-10-5-9-26(23-27)30-21-22-42-25-37(30)29-12-6-11-28(24-29)32-16-8-18-36-34-14-2-4-20-39(34)44-41(32)36/h1-25H. The van der Waals surface area contributed by atoms with E-state index in [0.29, 0.717) is 0 Å². The average molecular weight is 564 g/mol. The van der Waals surface area contributed by atoms with E-state index in [9.17, 15) is 0 Å². The number of aromatic nitrogens is 1. The number of hydrogen-bond acceptors (Lipinski definition) is 3. The van der Waals surface area contributed by atoms with Crippen LogP contribution >= 0.6 is 0 Å². The molecule has 6 aromatic carbocycles. The van der Waals surface area contributed by atoms with Crippen LogP contribution in [0.3, 0.4) is 0 Å². The van der Waals surface area contributed by atoms with Crippen molar-refractivity contribution in [2.75, 3.05) is 0 Å². The smallest absolute Gasteiger partial charge is 0.143 e. The fourth-order valence-electron chi connectivity index (χ4n) is 6.53. The molecule has 0 aliphatic rings. The summed E-state index contributed by atoms with van der Waals surface area (Å²) in [7, 11) is 0. The molecule has 0 amide bonds. The number of hydrogen-bond donors (Lipinski definition) is 0. The highest BCUT2D eigenvalue weighted by molar-refractivity contribution is 6.10. The molecule has 9 rings (SSSR count). The lowest BCUT2D eigenvalue weighted by Crippen LogP contribution is -1.89.